The van der Waals surface area contributed by atoms with E-state index in [1.165, 1.54) is 24.3 Å². The smallest absolute Gasteiger partial charge is 0.270 e. The number of carbonyl (C=O) groups is 1. The van der Waals surface area contributed by atoms with E-state index >= 15 is 0 Å². The molecule has 0 amide bonds. The third-order valence-electron chi connectivity index (χ3n) is 4.36. The molecule has 6 nitrogen and oxygen atoms in total. The van der Waals surface area contributed by atoms with E-state index in [9.17, 15) is 14.9 Å². The van der Waals surface area contributed by atoms with Gasteiger partial charge in [0.15, 0.2) is 5.76 Å². The normalized spacial score (nSPS) is 11.1. The standard InChI is InChI=1S/C23H14ClNO5/c24-19-7-2-1-6-18(19)22-12-13-23(30-22)20(26)10-8-17-9-11-21(29-17)15-4-3-5-16(14-15)25(27)28/h1-14H/b10-8+. The molecule has 2 heterocycles. The van der Waals surface area contributed by atoms with Gasteiger partial charge in [0.25, 0.3) is 5.69 Å². The predicted molar refractivity (Wildman–Crippen MR) is 113 cm³/mol. The number of nitro groups is 1. The summed E-state index contributed by atoms with van der Waals surface area (Å²) in [7, 11) is 0. The van der Waals surface area contributed by atoms with Gasteiger partial charge < -0.3 is 8.83 Å². The van der Waals surface area contributed by atoms with Crippen LogP contribution in [0.3, 0.4) is 0 Å². The number of non-ortho nitro benzene ring substituents is 1. The van der Waals surface area contributed by atoms with E-state index in [4.69, 9.17) is 20.4 Å². The minimum atomic E-state index is -0.466. The average Bonchev–Trinajstić information content (AvgIpc) is 3.42. The molecule has 0 spiro atoms. The topological polar surface area (TPSA) is 86.5 Å². The number of halogens is 1. The van der Waals surface area contributed by atoms with E-state index in [0.29, 0.717) is 33.4 Å². The molecule has 2 aromatic heterocycles. The first-order valence-corrected chi connectivity index (χ1v) is 9.31. The summed E-state index contributed by atoms with van der Waals surface area (Å²) in [5.41, 5.74) is 1.25. The fourth-order valence-electron chi connectivity index (χ4n) is 2.89. The maximum Gasteiger partial charge on any atom is 0.270 e. The van der Waals surface area contributed by atoms with Gasteiger partial charge >= 0.3 is 0 Å². The first-order chi connectivity index (χ1) is 14.5. The molecule has 0 fully saturated rings. The Balaban J connectivity index is 1.50. The molecule has 148 valence electrons. The van der Waals surface area contributed by atoms with Crippen molar-refractivity contribution >= 4 is 29.1 Å². The lowest BCUT2D eigenvalue weighted by molar-refractivity contribution is -0.384. The fourth-order valence-corrected chi connectivity index (χ4v) is 3.12. The van der Waals surface area contributed by atoms with Gasteiger partial charge in [-0.3, -0.25) is 14.9 Å². The molecule has 2 aromatic carbocycles. The summed E-state index contributed by atoms with van der Waals surface area (Å²) in [6.45, 7) is 0. The maximum absolute atomic E-state index is 12.4. The Morgan fingerprint density at radius 2 is 1.73 bits per heavy atom. The van der Waals surface area contributed by atoms with Crippen molar-refractivity contribution in [2.45, 2.75) is 0 Å². The van der Waals surface area contributed by atoms with E-state index in [-0.39, 0.29) is 17.2 Å². The number of allylic oxidation sites excluding steroid dienone is 1. The lowest BCUT2D eigenvalue weighted by atomic mass is 10.1. The van der Waals surface area contributed by atoms with Gasteiger partial charge in [-0.2, -0.15) is 0 Å². The number of nitrogens with zero attached hydrogens (tertiary/aromatic N) is 1. The van der Waals surface area contributed by atoms with Crippen LogP contribution < -0.4 is 0 Å². The van der Waals surface area contributed by atoms with E-state index in [2.05, 4.69) is 0 Å². The highest BCUT2D eigenvalue weighted by atomic mass is 35.5. The lowest BCUT2D eigenvalue weighted by Gasteiger charge is -1.99. The first-order valence-electron chi connectivity index (χ1n) is 8.93. The molecular formula is C23H14ClNO5. The van der Waals surface area contributed by atoms with Gasteiger partial charge in [-0.1, -0.05) is 35.9 Å². The van der Waals surface area contributed by atoms with Crippen LogP contribution in [0.5, 0.6) is 0 Å². The summed E-state index contributed by atoms with van der Waals surface area (Å²) in [4.78, 5) is 22.9. The summed E-state index contributed by atoms with van der Waals surface area (Å²) in [6.07, 6.45) is 2.85. The molecule has 0 saturated heterocycles. The molecule has 0 saturated carbocycles. The number of hydrogen-bond acceptors (Lipinski definition) is 5. The predicted octanol–water partition coefficient (Wildman–Crippen LogP) is 6.66. The van der Waals surface area contributed by atoms with Crippen molar-refractivity contribution in [1.29, 1.82) is 0 Å². The molecule has 0 bridgehead atoms. The maximum atomic E-state index is 12.4. The van der Waals surface area contributed by atoms with Crippen molar-refractivity contribution in [3.05, 3.63) is 106 Å². The highest BCUT2D eigenvalue weighted by molar-refractivity contribution is 6.33. The second-order valence-corrected chi connectivity index (χ2v) is 6.76. The van der Waals surface area contributed by atoms with Crippen LogP contribution in [0, 0.1) is 10.1 Å². The summed E-state index contributed by atoms with van der Waals surface area (Å²) < 4.78 is 11.3. The monoisotopic (exact) mass is 419 g/mol. The summed E-state index contributed by atoms with van der Waals surface area (Å²) in [6, 6.07) is 20.0. The molecule has 0 N–H and O–H groups in total. The van der Waals surface area contributed by atoms with E-state index in [1.54, 1.807) is 42.5 Å². The van der Waals surface area contributed by atoms with Crippen LogP contribution >= 0.6 is 11.6 Å². The van der Waals surface area contributed by atoms with Crippen LogP contribution in [0.25, 0.3) is 28.7 Å². The average molecular weight is 420 g/mol. The minimum Gasteiger partial charge on any atom is -0.457 e. The van der Waals surface area contributed by atoms with Gasteiger partial charge in [0.05, 0.1) is 9.95 Å². The Labute approximate surface area is 176 Å². The van der Waals surface area contributed by atoms with Gasteiger partial charge in [0, 0.05) is 23.3 Å². The van der Waals surface area contributed by atoms with Gasteiger partial charge in [0.1, 0.15) is 17.3 Å². The van der Waals surface area contributed by atoms with Crippen LogP contribution in [0.2, 0.25) is 5.02 Å². The zero-order valence-electron chi connectivity index (χ0n) is 15.4. The molecule has 0 aliphatic heterocycles. The lowest BCUT2D eigenvalue weighted by Crippen LogP contribution is -1.90. The molecule has 30 heavy (non-hydrogen) atoms. The molecule has 0 radical (unpaired) electrons. The van der Waals surface area contributed by atoms with Gasteiger partial charge in [-0.15, -0.1) is 0 Å². The molecule has 0 unspecified atom stereocenters. The second kappa shape index (κ2) is 8.23. The van der Waals surface area contributed by atoms with Crippen LogP contribution in [0.4, 0.5) is 5.69 Å². The Bertz CT molecular complexity index is 1270. The SMILES string of the molecule is O=C(/C=C/c1ccc(-c2cccc([N+](=O)[O-])c2)o1)c1ccc(-c2ccccc2Cl)o1. The van der Waals surface area contributed by atoms with E-state index in [1.807, 2.05) is 18.2 Å². The molecule has 0 aliphatic carbocycles. The molecule has 7 heteroatoms. The molecule has 0 atom stereocenters. The summed E-state index contributed by atoms with van der Waals surface area (Å²) in [5.74, 6) is 1.24. The van der Waals surface area contributed by atoms with Crippen molar-refractivity contribution in [3.63, 3.8) is 0 Å². The Morgan fingerprint density at radius 3 is 2.53 bits per heavy atom. The second-order valence-electron chi connectivity index (χ2n) is 6.35. The van der Waals surface area contributed by atoms with Gasteiger partial charge in [-0.25, -0.2) is 0 Å². The minimum absolute atomic E-state index is 0.0247. The third kappa shape index (κ3) is 4.09. The number of ketones is 1. The fraction of sp³-hybridized carbons (Fsp3) is 0. The quantitative estimate of drug-likeness (QED) is 0.151. The Hall–Kier alpha value is -3.90. The number of hydrogen-bond donors (Lipinski definition) is 0. The van der Waals surface area contributed by atoms with Gasteiger partial charge in [0.2, 0.25) is 5.78 Å². The number of benzene rings is 2. The zero-order chi connectivity index (χ0) is 21.1. The van der Waals surface area contributed by atoms with Crippen molar-refractivity contribution in [2.75, 3.05) is 0 Å². The highest BCUT2D eigenvalue weighted by Crippen LogP contribution is 2.29. The third-order valence-corrected chi connectivity index (χ3v) is 4.68. The number of nitro benzene ring substituents is 1. The van der Waals surface area contributed by atoms with Crippen molar-refractivity contribution in [3.8, 4) is 22.6 Å². The van der Waals surface area contributed by atoms with Gasteiger partial charge in [-0.05, 0) is 48.6 Å². The Kier molecular flexibility index (Phi) is 5.32. The molecule has 0 aliphatic rings. The Morgan fingerprint density at radius 1 is 0.933 bits per heavy atom. The number of furan rings is 2. The van der Waals surface area contributed by atoms with E-state index < -0.39 is 4.92 Å². The zero-order valence-corrected chi connectivity index (χ0v) is 16.2. The van der Waals surface area contributed by atoms with Crippen LogP contribution in [-0.4, -0.2) is 10.7 Å². The largest absolute Gasteiger partial charge is 0.457 e. The van der Waals surface area contributed by atoms with Crippen molar-refractivity contribution < 1.29 is 18.6 Å². The van der Waals surface area contributed by atoms with E-state index in [0.717, 1.165) is 0 Å². The molecule has 4 rings (SSSR count). The van der Waals surface area contributed by atoms with Crippen molar-refractivity contribution in [1.82, 2.24) is 0 Å². The molecular weight excluding hydrogens is 406 g/mol. The van der Waals surface area contributed by atoms with Crippen LogP contribution in [0.1, 0.15) is 16.3 Å². The summed E-state index contributed by atoms with van der Waals surface area (Å²) in [5, 5.41) is 11.5. The van der Waals surface area contributed by atoms with Crippen molar-refractivity contribution in [2.24, 2.45) is 0 Å². The first kappa shape index (κ1) is 19.4. The summed E-state index contributed by atoms with van der Waals surface area (Å²) >= 11 is 6.16. The van der Waals surface area contributed by atoms with Crippen LogP contribution in [0.15, 0.2) is 87.7 Å². The highest BCUT2D eigenvalue weighted by Gasteiger charge is 2.13. The number of carbonyl (C=O) groups excluding carboxylic acids is 1. The number of rotatable bonds is 6. The van der Waals surface area contributed by atoms with Crippen LogP contribution in [-0.2, 0) is 0 Å². The molecule has 4 aromatic rings.